The second-order valence-corrected chi connectivity index (χ2v) is 9.93. The number of fused-ring (bicyclic) bond motifs is 1. The molecule has 0 aliphatic carbocycles. The zero-order valence-corrected chi connectivity index (χ0v) is 18.3. The maximum Gasteiger partial charge on any atom is 0.277 e. The Kier molecular flexibility index (Phi) is 5.29. The molecule has 4 rings (SSSR count). The van der Waals surface area contributed by atoms with E-state index in [1.807, 2.05) is 46.7 Å². The lowest BCUT2D eigenvalue weighted by Crippen LogP contribution is -2.49. The van der Waals surface area contributed by atoms with E-state index in [0.29, 0.717) is 42.3 Å². The normalized spacial score (nSPS) is 14.9. The molecule has 0 radical (unpaired) electrons. The Morgan fingerprint density at radius 3 is 2.40 bits per heavy atom. The molecule has 2 aromatic heterocycles. The first-order chi connectivity index (χ1) is 14.3. The van der Waals surface area contributed by atoms with Crippen LogP contribution in [0.15, 0.2) is 46.6 Å². The summed E-state index contributed by atoms with van der Waals surface area (Å²) in [4.78, 5) is 30.1. The number of nitrogens with one attached hydrogen (secondary N) is 1. The highest BCUT2D eigenvalue weighted by Crippen LogP contribution is 2.33. The van der Waals surface area contributed by atoms with Crippen LogP contribution in [0.25, 0.3) is 10.9 Å². The largest absolute Gasteiger partial charge is 0.366 e. The third kappa shape index (κ3) is 3.80. The highest BCUT2D eigenvalue weighted by atomic mass is 32.2. The van der Waals surface area contributed by atoms with Crippen molar-refractivity contribution < 1.29 is 13.2 Å². The van der Waals surface area contributed by atoms with Gasteiger partial charge < -0.3 is 14.4 Å². The number of hydrogen-bond donors (Lipinski definition) is 1. The number of anilines is 2. The monoisotopic (exact) mass is 446 g/mol. The van der Waals surface area contributed by atoms with Gasteiger partial charge in [-0.1, -0.05) is 24.3 Å². The van der Waals surface area contributed by atoms with E-state index in [1.165, 1.54) is 15.9 Å². The Hall–Kier alpha value is -2.85. The fourth-order valence-corrected chi connectivity index (χ4v) is 5.02. The van der Waals surface area contributed by atoms with Crippen molar-refractivity contribution in [3.05, 3.63) is 57.0 Å². The van der Waals surface area contributed by atoms with E-state index in [-0.39, 0.29) is 11.6 Å². The minimum absolute atomic E-state index is 0.00651. The third-order valence-electron chi connectivity index (χ3n) is 5.18. The molecule has 0 saturated carbocycles. The molecule has 1 amide bonds. The minimum atomic E-state index is -3.65. The molecule has 3 aromatic rings. The van der Waals surface area contributed by atoms with E-state index in [9.17, 15) is 18.0 Å². The average Bonchev–Trinajstić information content (AvgIpc) is 3.26. The molecule has 0 spiro atoms. The van der Waals surface area contributed by atoms with E-state index < -0.39 is 15.6 Å². The molecule has 10 heteroatoms. The van der Waals surface area contributed by atoms with Crippen LogP contribution in [-0.4, -0.2) is 56.2 Å². The lowest BCUT2D eigenvalue weighted by atomic mass is 10.1. The van der Waals surface area contributed by atoms with Gasteiger partial charge in [-0.05, 0) is 17.5 Å². The predicted molar refractivity (Wildman–Crippen MR) is 120 cm³/mol. The number of carbonyl (C=O) groups excluding carboxylic acids is 1. The highest BCUT2D eigenvalue weighted by molar-refractivity contribution is 7.92. The Morgan fingerprint density at radius 2 is 1.77 bits per heavy atom. The third-order valence-corrected chi connectivity index (χ3v) is 6.61. The summed E-state index contributed by atoms with van der Waals surface area (Å²) in [5, 5.41) is 2.65. The van der Waals surface area contributed by atoms with Crippen LogP contribution in [0.3, 0.4) is 0 Å². The number of carbonyl (C=O) groups is 1. The van der Waals surface area contributed by atoms with E-state index in [1.54, 1.807) is 11.9 Å². The quantitative estimate of drug-likeness (QED) is 0.661. The number of nitrogens with zero attached hydrogens (tertiary/aromatic N) is 3. The van der Waals surface area contributed by atoms with Gasteiger partial charge in [-0.3, -0.25) is 14.3 Å². The second kappa shape index (κ2) is 7.77. The van der Waals surface area contributed by atoms with Gasteiger partial charge in [0.25, 0.3) is 11.5 Å². The van der Waals surface area contributed by atoms with Crippen LogP contribution in [0.1, 0.15) is 9.67 Å². The molecule has 1 aromatic carbocycles. The standard InChI is InChI=1S/C20H22N4O4S2/c1-22-15-7-4-3-6-14(15)18(17(20(22)26)21-30(2,27)28)23-9-11-24(12-10-23)19(25)16-8-5-13-29-16/h3-8,13,21H,9-12H2,1-2H3. The van der Waals surface area contributed by atoms with E-state index >= 15 is 0 Å². The number of para-hydroxylation sites is 1. The zero-order chi connectivity index (χ0) is 21.5. The number of thiophene rings is 1. The Morgan fingerprint density at radius 1 is 1.07 bits per heavy atom. The van der Waals surface area contributed by atoms with Crippen LogP contribution in [0.2, 0.25) is 0 Å². The predicted octanol–water partition coefficient (Wildman–Crippen LogP) is 1.93. The Bertz CT molecular complexity index is 1260. The zero-order valence-electron chi connectivity index (χ0n) is 16.7. The van der Waals surface area contributed by atoms with Crippen molar-refractivity contribution in [1.82, 2.24) is 9.47 Å². The Labute approximate surface area is 178 Å². The van der Waals surface area contributed by atoms with Gasteiger partial charge in [0.1, 0.15) is 5.69 Å². The second-order valence-electron chi connectivity index (χ2n) is 7.24. The molecule has 1 fully saturated rings. The summed E-state index contributed by atoms with van der Waals surface area (Å²) >= 11 is 1.41. The van der Waals surface area contributed by atoms with Gasteiger partial charge in [0, 0.05) is 38.6 Å². The van der Waals surface area contributed by atoms with Crippen molar-refractivity contribution in [2.75, 3.05) is 42.1 Å². The van der Waals surface area contributed by atoms with Crippen molar-refractivity contribution in [1.29, 1.82) is 0 Å². The smallest absolute Gasteiger partial charge is 0.277 e. The van der Waals surface area contributed by atoms with Crippen molar-refractivity contribution >= 4 is 49.5 Å². The number of piperazine rings is 1. The van der Waals surface area contributed by atoms with Crippen molar-refractivity contribution in [3.8, 4) is 0 Å². The number of aromatic nitrogens is 1. The molecular weight excluding hydrogens is 424 g/mol. The number of amides is 1. The van der Waals surface area contributed by atoms with Gasteiger partial charge in [0.05, 0.1) is 22.3 Å². The van der Waals surface area contributed by atoms with E-state index in [4.69, 9.17) is 0 Å². The maximum absolute atomic E-state index is 13.0. The van der Waals surface area contributed by atoms with Crippen molar-refractivity contribution in [2.45, 2.75) is 0 Å². The summed E-state index contributed by atoms with van der Waals surface area (Å²) in [6.07, 6.45) is 1.03. The Balaban J connectivity index is 1.73. The minimum Gasteiger partial charge on any atom is -0.366 e. The van der Waals surface area contributed by atoms with Crippen LogP contribution in [-0.2, 0) is 17.1 Å². The summed E-state index contributed by atoms with van der Waals surface area (Å²) in [5.74, 6) is -0.00651. The molecule has 1 aliphatic rings. The fourth-order valence-electron chi connectivity index (χ4n) is 3.77. The average molecular weight is 447 g/mol. The molecule has 0 unspecified atom stereocenters. The SMILES string of the molecule is Cn1c(=O)c(NS(C)(=O)=O)c(N2CCN(C(=O)c3cccs3)CC2)c2ccccc21. The maximum atomic E-state index is 13.0. The van der Waals surface area contributed by atoms with Gasteiger partial charge in [-0.25, -0.2) is 8.42 Å². The molecule has 1 saturated heterocycles. The number of rotatable bonds is 4. The van der Waals surface area contributed by atoms with Crippen LogP contribution in [0.5, 0.6) is 0 Å². The molecular formula is C20H22N4O4S2. The van der Waals surface area contributed by atoms with Crippen LogP contribution in [0, 0.1) is 0 Å². The van der Waals surface area contributed by atoms with Gasteiger partial charge in [-0.2, -0.15) is 0 Å². The van der Waals surface area contributed by atoms with Gasteiger partial charge in [-0.15, -0.1) is 11.3 Å². The number of pyridine rings is 1. The van der Waals surface area contributed by atoms with Crippen LogP contribution < -0.4 is 15.2 Å². The first-order valence-corrected chi connectivity index (χ1v) is 12.2. The summed E-state index contributed by atoms with van der Waals surface area (Å²) < 4.78 is 27.8. The molecule has 30 heavy (non-hydrogen) atoms. The number of hydrogen-bond acceptors (Lipinski definition) is 6. The van der Waals surface area contributed by atoms with Crippen molar-refractivity contribution in [2.24, 2.45) is 7.05 Å². The van der Waals surface area contributed by atoms with Gasteiger partial charge in [0.2, 0.25) is 10.0 Å². The lowest BCUT2D eigenvalue weighted by molar-refractivity contribution is 0.0752. The van der Waals surface area contributed by atoms with E-state index in [0.717, 1.165) is 11.6 Å². The summed E-state index contributed by atoms with van der Waals surface area (Å²) in [5.41, 5.74) is 0.902. The molecule has 1 aliphatic heterocycles. The topological polar surface area (TPSA) is 91.7 Å². The molecule has 3 heterocycles. The van der Waals surface area contributed by atoms with Crippen LogP contribution >= 0.6 is 11.3 Å². The lowest BCUT2D eigenvalue weighted by Gasteiger charge is -2.37. The number of aryl methyl sites for hydroxylation is 1. The molecule has 0 atom stereocenters. The van der Waals surface area contributed by atoms with Crippen molar-refractivity contribution in [3.63, 3.8) is 0 Å². The molecule has 8 nitrogen and oxygen atoms in total. The number of benzene rings is 1. The fraction of sp³-hybridized carbons (Fsp3) is 0.300. The summed E-state index contributed by atoms with van der Waals surface area (Å²) in [6.45, 7) is 1.95. The van der Waals surface area contributed by atoms with Gasteiger partial charge in [0.15, 0.2) is 0 Å². The van der Waals surface area contributed by atoms with Gasteiger partial charge >= 0.3 is 0 Å². The summed E-state index contributed by atoms with van der Waals surface area (Å²) in [6, 6.07) is 11.1. The molecule has 158 valence electrons. The number of sulfonamides is 1. The van der Waals surface area contributed by atoms with E-state index in [2.05, 4.69) is 4.72 Å². The van der Waals surface area contributed by atoms with Crippen LogP contribution in [0.4, 0.5) is 11.4 Å². The molecule has 1 N–H and O–H groups in total. The highest BCUT2D eigenvalue weighted by Gasteiger charge is 2.27. The first-order valence-electron chi connectivity index (χ1n) is 9.43. The first kappa shape index (κ1) is 20.4. The summed E-state index contributed by atoms with van der Waals surface area (Å²) in [7, 11) is -2.03. The molecule has 0 bridgehead atoms.